The number of nitrogens with zero attached hydrogens (tertiary/aromatic N) is 4. The molecule has 6 rings (SSSR count). The second kappa shape index (κ2) is 5.76. The Morgan fingerprint density at radius 1 is 0.750 bits per heavy atom. The zero-order valence-electron chi connectivity index (χ0n) is 14.8. The molecular weight excluding hydrogens is 348 g/mol. The SMILES string of the molecule is c1cncc(-c2ncc(-n3c4ccccc4c4ccc5occc5c43)cn2)c1. The molecule has 0 bridgehead atoms. The Hall–Kier alpha value is -3.99. The molecule has 0 atom stereocenters. The Morgan fingerprint density at radius 2 is 1.64 bits per heavy atom. The number of pyridine rings is 1. The largest absolute Gasteiger partial charge is 0.464 e. The van der Waals surface area contributed by atoms with Gasteiger partial charge in [-0.05, 0) is 36.4 Å². The maximum Gasteiger partial charge on any atom is 0.160 e. The topological polar surface area (TPSA) is 56.7 Å². The molecule has 0 aliphatic carbocycles. The molecule has 5 nitrogen and oxygen atoms in total. The van der Waals surface area contributed by atoms with Crippen LogP contribution in [0.5, 0.6) is 0 Å². The van der Waals surface area contributed by atoms with E-state index in [1.165, 1.54) is 10.8 Å². The van der Waals surface area contributed by atoms with E-state index in [9.17, 15) is 0 Å². The van der Waals surface area contributed by atoms with Crippen molar-refractivity contribution in [3.8, 4) is 17.1 Å². The fraction of sp³-hybridized carbons (Fsp3) is 0. The van der Waals surface area contributed by atoms with Crippen molar-refractivity contribution in [3.05, 3.63) is 85.6 Å². The fourth-order valence-electron chi connectivity index (χ4n) is 3.85. The molecule has 0 fully saturated rings. The van der Waals surface area contributed by atoms with Crippen molar-refractivity contribution >= 4 is 32.8 Å². The van der Waals surface area contributed by atoms with Crippen LogP contribution in [0.15, 0.2) is 90.1 Å². The Labute approximate surface area is 159 Å². The highest BCUT2D eigenvalue weighted by atomic mass is 16.3. The molecule has 0 amide bonds. The summed E-state index contributed by atoms with van der Waals surface area (Å²) in [6.45, 7) is 0. The summed E-state index contributed by atoms with van der Waals surface area (Å²) in [4.78, 5) is 13.3. The van der Waals surface area contributed by atoms with Gasteiger partial charge in [0, 0.05) is 34.1 Å². The van der Waals surface area contributed by atoms with E-state index in [1.54, 1.807) is 18.7 Å². The third-order valence-corrected chi connectivity index (χ3v) is 5.08. The lowest BCUT2D eigenvalue weighted by Gasteiger charge is -2.08. The standard InChI is InChI=1S/C23H14N4O/c1-2-6-20-17(5-1)18-7-8-21-19(9-11-28-21)22(18)27(20)16-13-25-23(26-14-16)15-4-3-10-24-12-15/h1-14H. The molecule has 5 heteroatoms. The molecular formula is C23H14N4O. The molecule has 4 aromatic heterocycles. The third kappa shape index (κ3) is 2.10. The van der Waals surface area contributed by atoms with E-state index >= 15 is 0 Å². The molecule has 0 radical (unpaired) electrons. The first-order valence-corrected chi connectivity index (χ1v) is 9.02. The molecule has 132 valence electrons. The first-order valence-electron chi connectivity index (χ1n) is 9.02. The van der Waals surface area contributed by atoms with Crippen LogP contribution in [0.3, 0.4) is 0 Å². The second-order valence-electron chi connectivity index (χ2n) is 6.65. The van der Waals surface area contributed by atoms with E-state index in [1.807, 2.05) is 36.7 Å². The van der Waals surface area contributed by atoms with Crippen LogP contribution in [-0.2, 0) is 0 Å². The highest BCUT2D eigenvalue weighted by molar-refractivity contribution is 6.17. The second-order valence-corrected chi connectivity index (χ2v) is 6.65. The van der Waals surface area contributed by atoms with Crippen LogP contribution < -0.4 is 0 Å². The summed E-state index contributed by atoms with van der Waals surface area (Å²) < 4.78 is 7.84. The van der Waals surface area contributed by atoms with Crippen LogP contribution in [0.1, 0.15) is 0 Å². The van der Waals surface area contributed by atoms with Crippen molar-refractivity contribution in [1.82, 2.24) is 19.5 Å². The van der Waals surface area contributed by atoms with Gasteiger partial charge in [-0.2, -0.15) is 0 Å². The maximum atomic E-state index is 5.64. The average Bonchev–Trinajstić information content (AvgIpc) is 3.37. The van der Waals surface area contributed by atoms with Gasteiger partial charge in [-0.15, -0.1) is 0 Å². The monoisotopic (exact) mass is 362 g/mol. The maximum absolute atomic E-state index is 5.64. The molecule has 0 aliphatic rings. The van der Waals surface area contributed by atoms with Gasteiger partial charge in [-0.3, -0.25) is 4.98 Å². The Balaban J connectivity index is 1.66. The van der Waals surface area contributed by atoms with Crippen molar-refractivity contribution in [3.63, 3.8) is 0 Å². The molecule has 0 aliphatic heterocycles. The van der Waals surface area contributed by atoms with Gasteiger partial charge in [0.2, 0.25) is 0 Å². The Bertz CT molecular complexity index is 1450. The van der Waals surface area contributed by atoms with E-state index in [0.29, 0.717) is 5.82 Å². The summed E-state index contributed by atoms with van der Waals surface area (Å²) in [5.41, 5.74) is 4.89. The molecule has 6 aromatic rings. The minimum Gasteiger partial charge on any atom is -0.464 e. The molecule has 2 aromatic carbocycles. The summed E-state index contributed by atoms with van der Waals surface area (Å²) in [7, 11) is 0. The quantitative estimate of drug-likeness (QED) is 0.415. The Kier molecular flexibility index (Phi) is 3.10. The minimum absolute atomic E-state index is 0.658. The van der Waals surface area contributed by atoms with Crippen LogP contribution in [0.2, 0.25) is 0 Å². The van der Waals surface area contributed by atoms with Gasteiger partial charge < -0.3 is 8.98 Å². The minimum atomic E-state index is 0.658. The molecule has 28 heavy (non-hydrogen) atoms. The van der Waals surface area contributed by atoms with Crippen LogP contribution >= 0.6 is 0 Å². The van der Waals surface area contributed by atoms with Crippen molar-refractivity contribution in [2.45, 2.75) is 0 Å². The lowest BCUT2D eigenvalue weighted by Crippen LogP contribution is -1.98. The van der Waals surface area contributed by atoms with Crippen molar-refractivity contribution in [2.75, 3.05) is 0 Å². The number of fused-ring (bicyclic) bond motifs is 5. The summed E-state index contributed by atoms with van der Waals surface area (Å²) in [6.07, 6.45) is 8.96. The van der Waals surface area contributed by atoms with Gasteiger partial charge in [-0.25, -0.2) is 9.97 Å². The van der Waals surface area contributed by atoms with Gasteiger partial charge in [0.25, 0.3) is 0 Å². The highest BCUT2D eigenvalue weighted by Gasteiger charge is 2.16. The lowest BCUT2D eigenvalue weighted by atomic mass is 10.1. The van der Waals surface area contributed by atoms with Crippen LogP contribution in [0, 0.1) is 0 Å². The summed E-state index contributed by atoms with van der Waals surface area (Å²) in [6, 6.07) is 18.4. The number of hydrogen-bond acceptors (Lipinski definition) is 4. The van der Waals surface area contributed by atoms with E-state index in [0.717, 1.165) is 33.3 Å². The molecule has 0 spiro atoms. The van der Waals surface area contributed by atoms with Gasteiger partial charge in [0.15, 0.2) is 5.82 Å². The first kappa shape index (κ1) is 15.1. The molecule has 0 unspecified atom stereocenters. The fourth-order valence-corrected chi connectivity index (χ4v) is 3.85. The molecule has 4 heterocycles. The highest BCUT2D eigenvalue weighted by Crippen LogP contribution is 2.36. The van der Waals surface area contributed by atoms with Gasteiger partial charge in [0.1, 0.15) is 5.58 Å². The number of para-hydroxylation sites is 1. The van der Waals surface area contributed by atoms with E-state index in [2.05, 4.69) is 49.9 Å². The summed E-state index contributed by atoms with van der Waals surface area (Å²) in [5.74, 6) is 0.658. The van der Waals surface area contributed by atoms with Crippen LogP contribution in [0.25, 0.3) is 49.9 Å². The Morgan fingerprint density at radius 3 is 2.50 bits per heavy atom. The van der Waals surface area contributed by atoms with E-state index < -0.39 is 0 Å². The average molecular weight is 362 g/mol. The smallest absolute Gasteiger partial charge is 0.160 e. The van der Waals surface area contributed by atoms with Gasteiger partial charge >= 0.3 is 0 Å². The zero-order chi connectivity index (χ0) is 18.5. The zero-order valence-corrected chi connectivity index (χ0v) is 14.8. The van der Waals surface area contributed by atoms with Gasteiger partial charge in [0.05, 0.1) is 35.4 Å². The molecule has 0 saturated heterocycles. The van der Waals surface area contributed by atoms with Crippen molar-refractivity contribution < 1.29 is 4.42 Å². The lowest BCUT2D eigenvalue weighted by molar-refractivity contribution is 0.616. The summed E-state index contributed by atoms with van der Waals surface area (Å²) in [5, 5.41) is 3.45. The molecule has 0 N–H and O–H groups in total. The number of furan rings is 1. The number of hydrogen-bond donors (Lipinski definition) is 0. The van der Waals surface area contributed by atoms with E-state index in [-0.39, 0.29) is 0 Å². The van der Waals surface area contributed by atoms with Crippen LogP contribution in [-0.4, -0.2) is 19.5 Å². The normalized spacial score (nSPS) is 11.6. The van der Waals surface area contributed by atoms with Gasteiger partial charge in [-0.1, -0.05) is 18.2 Å². The summed E-state index contributed by atoms with van der Waals surface area (Å²) >= 11 is 0. The first-order chi connectivity index (χ1) is 13.9. The number of aromatic nitrogens is 4. The van der Waals surface area contributed by atoms with E-state index in [4.69, 9.17) is 4.42 Å². The van der Waals surface area contributed by atoms with Crippen LogP contribution in [0.4, 0.5) is 0 Å². The third-order valence-electron chi connectivity index (χ3n) is 5.08. The predicted octanol–water partition coefficient (Wildman–Crippen LogP) is 5.38. The van der Waals surface area contributed by atoms with Crippen molar-refractivity contribution in [1.29, 1.82) is 0 Å². The molecule has 0 saturated carbocycles. The predicted molar refractivity (Wildman–Crippen MR) is 109 cm³/mol. The van der Waals surface area contributed by atoms with Crippen molar-refractivity contribution in [2.24, 2.45) is 0 Å². The number of benzene rings is 2. The number of rotatable bonds is 2.